The van der Waals surface area contributed by atoms with Crippen LogP contribution in [0.4, 0.5) is 5.82 Å². The van der Waals surface area contributed by atoms with Crippen LogP contribution in [0, 0.1) is 6.92 Å². The molecule has 6 nitrogen and oxygen atoms in total. The standard InChI is InChI=1S/C12H18N4O2S.Na/c1-8(11(19)3-4-17)16(7-18)6-10-5-14-9(2)15-12(10)13;/h5,7,17,19H,3-4,6H2,1-2H3,(H2,13,14,15);/b11-8-;. The number of aromatic nitrogens is 2. The van der Waals surface area contributed by atoms with E-state index in [1.807, 2.05) is 0 Å². The first-order valence-electron chi connectivity index (χ1n) is 5.79. The molecule has 0 bridgehead atoms. The van der Waals surface area contributed by atoms with Crippen molar-refractivity contribution in [1.82, 2.24) is 14.9 Å². The minimum atomic E-state index is -0.0152. The van der Waals surface area contributed by atoms with Crippen molar-refractivity contribution in [3.05, 3.63) is 28.2 Å². The van der Waals surface area contributed by atoms with Gasteiger partial charge in [-0.2, -0.15) is 0 Å². The van der Waals surface area contributed by atoms with Crippen LogP contribution in [0.25, 0.3) is 0 Å². The van der Waals surface area contributed by atoms with Gasteiger partial charge in [0.15, 0.2) is 0 Å². The third-order valence-electron chi connectivity index (χ3n) is 2.68. The zero-order chi connectivity index (χ0) is 14.4. The Hall–Kier alpha value is -0.600. The number of aryl methyl sites for hydroxylation is 1. The molecule has 1 amide bonds. The first-order chi connectivity index (χ1) is 8.99. The third-order valence-corrected chi connectivity index (χ3v) is 3.23. The van der Waals surface area contributed by atoms with E-state index in [0.29, 0.717) is 40.6 Å². The van der Waals surface area contributed by atoms with Gasteiger partial charge >= 0.3 is 0 Å². The minimum Gasteiger partial charge on any atom is -0.396 e. The van der Waals surface area contributed by atoms with Crippen LogP contribution in [0.5, 0.6) is 0 Å². The molecule has 1 aromatic heterocycles. The van der Waals surface area contributed by atoms with Crippen molar-refractivity contribution < 1.29 is 9.90 Å². The van der Waals surface area contributed by atoms with Gasteiger partial charge < -0.3 is 15.7 Å². The van der Waals surface area contributed by atoms with Gasteiger partial charge in [-0.05, 0) is 13.8 Å². The molecule has 0 atom stereocenters. The molecular weight excluding hydrogens is 287 g/mol. The van der Waals surface area contributed by atoms with Crippen molar-refractivity contribution in [3.63, 3.8) is 0 Å². The summed E-state index contributed by atoms with van der Waals surface area (Å²) in [6.45, 7) is 3.77. The van der Waals surface area contributed by atoms with Crippen molar-refractivity contribution in [2.45, 2.75) is 26.8 Å². The summed E-state index contributed by atoms with van der Waals surface area (Å²) in [6, 6.07) is 0. The fourth-order valence-electron chi connectivity index (χ4n) is 1.51. The topological polar surface area (TPSA) is 92.3 Å². The Morgan fingerprint density at radius 1 is 1.60 bits per heavy atom. The monoisotopic (exact) mass is 305 g/mol. The number of hydrogen-bond acceptors (Lipinski definition) is 6. The van der Waals surface area contributed by atoms with Crippen LogP contribution in [0.2, 0.25) is 0 Å². The van der Waals surface area contributed by atoms with Crippen LogP contribution in [0.15, 0.2) is 16.8 Å². The summed E-state index contributed by atoms with van der Waals surface area (Å²) in [5, 5.41) is 8.87. The number of rotatable bonds is 6. The maximum Gasteiger partial charge on any atom is 0.214 e. The maximum atomic E-state index is 11.2. The van der Waals surface area contributed by atoms with Crippen LogP contribution >= 0.6 is 12.6 Å². The van der Waals surface area contributed by atoms with Crippen molar-refractivity contribution in [2.75, 3.05) is 12.3 Å². The van der Waals surface area contributed by atoms with Crippen LogP contribution < -0.4 is 5.73 Å². The SMILES string of the molecule is C/C(=C(/S)CCO)N(C=O)Cc1cnc(C)nc1N.[Na]. The van der Waals surface area contributed by atoms with E-state index in [4.69, 9.17) is 10.8 Å². The molecule has 0 saturated carbocycles. The Balaban J connectivity index is 0.00000361. The second-order valence-corrected chi connectivity index (χ2v) is 4.61. The molecule has 1 heterocycles. The fourth-order valence-corrected chi connectivity index (χ4v) is 1.73. The summed E-state index contributed by atoms with van der Waals surface area (Å²) in [7, 11) is 0. The summed E-state index contributed by atoms with van der Waals surface area (Å²) >= 11 is 4.26. The fraction of sp³-hybridized carbons (Fsp3) is 0.417. The minimum absolute atomic E-state index is 0. The first kappa shape index (κ1) is 19.4. The smallest absolute Gasteiger partial charge is 0.214 e. The average molecular weight is 305 g/mol. The number of hydrogen-bond donors (Lipinski definition) is 3. The zero-order valence-corrected chi connectivity index (χ0v) is 14.9. The van der Waals surface area contributed by atoms with Crippen molar-refractivity contribution >= 4 is 54.4 Å². The molecule has 0 fully saturated rings. The second kappa shape index (κ2) is 9.36. The Bertz CT molecular complexity index is 496. The van der Waals surface area contributed by atoms with Crippen LogP contribution in [0.3, 0.4) is 0 Å². The molecular formula is C12H18N4NaO2S. The number of aliphatic hydroxyl groups is 1. The molecule has 1 rings (SSSR count). The summed E-state index contributed by atoms with van der Waals surface area (Å²) in [5.74, 6) is 0.941. The first-order valence-corrected chi connectivity index (χ1v) is 6.23. The molecule has 105 valence electrons. The number of thiol groups is 1. The van der Waals surface area contributed by atoms with E-state index in [9.17, 15) is 4.79 Å². The number of nitrogens with two attached hydrogens (primary N) is 1. The van der Waals surface area contributed by atoms with E-state index in [1.165, 1.54) is 4.90 Å². The third kappa shape index (κ3) is 5.41. The molecule has 0 aliphatic heterocycles. The summed E-state index contributed by atoms with van der Waals surface area (Å²) < 4.78 is 0. The number of amides is 1. The molecule has 0 aliphatic rings. The molecule has 1 radical (unpaired) electrons. The Labute approximate surface area is 146 Å². The normalized spacial score (nSPS) is 11.4. The van der Waals surface area contributed by atoms with Gasteiger partial charge in [0.25, 0.3) is 0 Å². The molecule has 0 unspecified atom stereocenters. The van der Waals surface area contributed by atoms with Crippen molar-refractivity contribution in [2.24, 2.45) is 0 Å². The van der Waals surface area contributed by atoms with Gasteiger partial charge in [-0.25, -0.2) is 9.97 Å². The molecule has 0 aliphatic carbocycles. The Kier molecular flexibility index (Phi) is 9.08. The number of nitrogens with zero attached hydrogens (tertiary/aromatic N) is 3. The number of nitrogen functional groups attached to an aromatic ring is 1. The summed E-state index contributed by atoms with van der Waals surface area (Å²) in [5.41, 5.74) is 7.13. The van der Waals surface area contributed by atoms with Gasteiger partial charge in [-0.15, -0.1) is 12.6 Å². The van der Waals surface area contributed by atoms with Gasteiger partial charge in [-0.1, -0.05) is 0 Å². The molecule has 8 heteroatoms. The van der Waals surface area contributed by atoms with Gasteiger partial charge in [0.05, 0.1) is 6.54 Å². The molecule has 3 N–H and O–H groups in total. The van der Waals surface area contributed by atoms with E-state index >= 15 is 0 Å². The van der Waals surface area contributed by atoms with Crippen LogP contribution in [-0.2, 0) is 11.3 Å². The summed E-state index contributed by atoms with van der Waals surface area (Å²) in [4.78, 5) is 21.4. The van der Waals surface area contributed by atoms with Crippen LogP contribution in [-0.4, -0.2) is 62.5 Å². The van der Waals surface area contributed by atoms with Gasteiger partial charge in [-0.3, -0.25) is 4.79 Å². The summed E-state index contributed by atoms with van der Waals surface area (Å²) in [6.07, 6.45) is 2.70. The van der Waals surface area contributed by atoms with Gasteiger partial charge in [0, 0.05) is 64.9 Å². The Morgan fingerprint density at radius 3 is 2.75 bits per heavy atom. The van der Waals surface area contributed by atoms with Crippen molar-refractivity contribution in [1.29, 1.82) is 0 Å². The molecule has 0 aromatic carbocycles. The number of anilines is 1. The second-order valence-electron chi connectivity index (χ2n) is 4.07. The van der Waals surface area contributed by atoms with E-state index in [2.05, 4.69) is 22.6 Å². The van der Waals surface area contributed by atoms with E-state index in [-0.39, 0.29) is 42.7 Å². The predicted molar refractivity (Wildman–Crippen MR) is 81.9 cm³/mol. The largest absolute Gasteiger partial charge is 0.396 e. The molecule has 0 spiro atoms. The predicted octanol–water partition coefficient (Wildman–Crippen LogP) is 0.489. The molecule has 20 heavy (non-hydrogen) atoms. The average Bonchev–Trinajstić information content (AvgIpc) is 2.37. The number of allylic oxidation sites excluding steroid dienone is 1. The maximum absolute atomic E-state index is 11.2. The van der Waals surface area contributed by atoms with Crippen LogP contribution in [0.1, 0.15) is 24.7 Å². The number of aliphatic hydroxyl groups excluding tert-OH is 1. The van der Waals surface area contributed by atoms with Gasteiger partial charge in [0.2, 0.25) is 6.41 Å². The quantitative estimate of drug-likeness (QED) is 0.404. The Morgan fingerprint density at radius 2 is 2.25 bits per heavy atom. The van der Waals surface area contributed by atoms with Crippen molar-refractivity contribution in [3.8, 4) is 0 Å². The zero-order valence-electron chi connectivity index (χ0n) is 12.0. The van der Waals surface area contributed by atoms with E-state index in [0.717, 1.165) is 0 Å². The number of carbonyl (C=O) groups excluding carboxylic acids is 1. The van der Waals surface area contributed by atoms with Gasteiger partial charge in [0.1, 0.15) is 11.6 Å². The molecule has 0 saturated heterocycles. The van der Waals surface area contributed by atoms with E-state index in [1.54, 1.807) is 20.0 Å². The molecule has 1 aromatic rings. The number of carbonyl (C=O) groups is 1. The van der Waals surface area contributed by atoms with E-state index < -0.39 is 0 Å².